The number of benzene rings is 1. The summed E-state index contributed by atoms with van der Waals surface area (Å²) < 4.78 is 19.8. The molecule has 3 rings (SSSR count). The summed E-state index contributed by atoms with van der Waals surface area (Å²) in [5.74, 6) is 0.0320. The molecule has 0 radical (unpaired) electrons. The van der Waals surface area contributed by atoms with Crippen LogP contribution < -0.4 is 15.4 Å². The smallest absolute Gasteiger partial charge is 0.228 e. The molecule has 0 unspecified atom stereocenters. The summed E-state index contributed by atoms with van der Waals surface area (Å²) in [6, 6.07) is 6.30. The molecule has 0 aliphatic rings. The average molecular weight is 461 g/mol. The third-order valence-electron chi connectivity index (χ3n) is 4.53. The van der Waals surface area contributed by atoms with Crippen molar-refractivity contribution < 1.29 is 13.9 Å². The number of nitrogens with zero attached hydrogens (tertiary/aromatic N) is 4. The number of ether oxygens (including phenoxy) is 1. The van der Waals surface area contributed by atoms with Crippen molar-refractivity contribution in [3.05, 3.63) is 90.7 Å². The van der Waals surface area contributed by atoms with Crippen molar-refractivity contribution in [1.29, 1.82) is 0 Å². The lowest BCUT2D eigenvalue weighted by atomic mass is 10.0. The molecule has 1 aromatic carbocycles. The molecule has 34 heavy (non-hydrogen) atoms. The van der Waals surface area contributed by atoms with E-state index in [0.29, 0.717) is 34.2 Å². The van der Waals surface area contributed by atoms with Gasteiger partial charge < -0.3 is 20.3 Å². The van der Waals surface area contributed by atoms with E-state index in [4.69, 9.17) is 4.74 Å². The molecule has 0 bridgehead atoms. The molecule has 2 aromatic heterocycles. The van der Waals surface area contributed by atoms with E-state index in [9.17, 15) is 9.18 Å². The first-order chi connectivity index (χ1) is 16.4. The molecule has 0 saturated heterocycles. The molecule has 0 aliphatic carbocycles. The first-order valence-electron chi connectivity index (χ1n) is 10.3. The molecule has 1 amide bonds. The van der Waals surface area contributed by atoms with Gasteiger partial charge in [0, 0.05) is 50.4 Å². The Morgan fingerprint density at radius 3 is 2.56 bits per heavy atom. The van der Waals surface area contributed by atoms with Gasteiger partial charge in [0.2, 0.25) is 11.9 Å². The van der Waals surface area contributed by atoms with E-state index in [1.54, 1.807) is 36.7 Å². The van der Waals surface area contributed by atoms with E-state index >= 15 is 0 Å². The first-order valence-corrected chi connectivity index (χ1v) is 10.3. The maximum Gasteiger partial charge on any atom is 0.228 e. The second-order valence-corrected chi connectivity index (χ2v) is 7.46. The van der Waals surface area contributed by atoms with Crippen LogP contribution in [0.4, 0.5) is 16.0 Å². The Morgan fingerprint density at radius 1 is 1.15 bits per heavy atom. The molecular formula is C25H25FN6O2. The predicted octanol–water partition coefficient (Wildman–Crippen LogP) is 4.02. The largest absolute Gasteiger partial charge is 0.495 e. The number of aromatic nitrogens is 3. The van der Waals surface area contributed by atoms with E-state index in [2.05, 4.69) is 37.9 Å². The summed E-state index contributed by atoms with van der Waals surface area (Å²) in [6.45, 7) is 3.58. The van der Waals surface area contributed by atoms with Crippen LogP contribution in [-0.2, 0) is 11.2 Å². The van der Waals surface area contributed by atoms with Crippen LogP contribution in [-0.4, -0.2) is 47.0 Å². The van der Waals surface area contributed by atoms with Gasteiger partial charge in [0.15, 0.2) is 0 Å². The van der Waals surface area contributed by atoms with Crippen molar-refractivity contribution >= 4 is 17.5 Å². The van der Waals surface area contributed by atoms with Crippen molar-refractivity contribution in [2.45, 2.75) is 6.42 Å². The Bertz CT molecular complexity index is 1230. The van der Waals surface area contributed by atoms with Gasteiger partial charge in [0.05, 0.1) is 37.3 Å². The monoisotopic (exact) mass is 460 g/mol. The van der Waals surface area contributed by atoms with Crippen molar-refractivity contribution in [2.24, 2.45) is 0 Å². The summed E-state index contributed by atoms with van der Waals surface area (Å²) in [5.41, 5.74) is 5.40. The molecule has 3 aromatic rings. The lowest BCUT2D eigenvalue weighted by molar-refractivity contribution is -0.115. The second-order valence-electron chi connectivity index (χ2n) is 7.46. The van der Waals surface area contributed by atoms with Crippen molar-refractivity contribution in [3.8, 4) is 16.9 Å². The summed E-state index contributed by atoms with van der Waals surface area (Å²) in [4.78, 5) is 26.8. The van der Waals surface area contributed by atoms with Crippen LogP contribution in [0, 0.1) is 5.82 Å². The highest BCUT2D eigenvalue weighted by atomic mass is 19.1. The van der Waals surface area contributed by atoms with Gasteiger partial charge >= 0.3 is 0 Å². The van der Waals surface area contributed by atoms with Gasteiger partial charge in [0.25, 0.3) is 0 Å². The van der Waals surface area contributed by atoms with Crippen LogP contribution in [0.2, 0.25) is 0 Å². The van der Waals surface area contributed by atoms with Crippen LogP contribution in [0.1, 0.15) is 5.56 Å². The molecular weight excluding hydrogens is 435 g/mol. The topological polar surface area (TPSA) is 92.3 Å². The zero-order valence-corrected chi connectivity index (χ0v) is 19.2. The van der Waals surface area contributed by atoms with Crippen molar-refractivity contribution in [1.82, 2.24) is 19.9 Å². The minimum absolute atomic E-state index is 0.125. The van der Waals surface area contributed by atoms with Gasteiger partial charge in [-0.15, -0.1) is 5.73 Å². The number of rotatable bonds is 9. The number of carbonyl (C=O) groups excluding carboxylic acids is 1. The van der Waals surface area contributed by atoms with E-state index in [1.807, 2.05) is 25.2 Å². The number of carbonyl (C=O) groups is 1. The van der Waals surface area contributed by atoms with Gasteiger partial charge in [-0.3, -0.25) is 9.78 Å². The molecule has 2 N–H and O–H groups in total. The summed E-state index contributed by atoms with van der Waals surface area (Å²) >= 11 is 0. The summed E-state index contributed by atoms with van der Waals surface area (Å²) in [5, 5.41) is 5.75. The van der Waals surface area contributed by atoms with Crippen LogP contribution in [0.5, 0.6) is 5.75 Å². The quantitative estimate of drug-likeness (QED) is 0.368. The van der Waals surface area contributed by atoms with Crippen LogP contribution in [0.15, 0.2) is 79.3 Å². The number of nitrogens with one attached hydrogen (secondary N) is 2. The minimum Gasteiger partial charge on any atom is -0.495 e. The van der Waals surface area contributed by atoms with E-state index in [0.717, 1.165) is 0 Å². The Kier molecular flexibility index (Phi) is 8.10. The van der Waals surface area contributed by atoms with Crippen LogP contribution in [0.3, 0.4) is 0 Å². The van der Waals surface area contributed by atoms with Crippen LogP contribution >= 0.6 is 0 Å². The zero-order valence-electron chi connectivity index (χ0n) is 19.2. The molecule has 0 saturated carbocycles. The normalized spacial score (nSPS) is 10.8. The molecule has 9 heteroatoms. The minimum atomic E-state index is -0.494. The van der Waals surface area contributed by atoms with Gasteiger partial charge in [-0.05, 0) is 17.2 Å². The number of amides is 1. The lowest BCUT2D eigenvalue weighted by Crippen LogP contribution is -2.15. The third-order valence-corrected chi connectivity index (χ3v) is 4.53. The van der Waals surface area contributed by atoms with Gasteiger partial charge in [-0.1, -0.05) is 18.7 Å². The maximum atomic E-state index is 14.7. The second kappa shape index (κ2) is 11.4. The Balaban J connectivity index is 1.68. The predicted molar refractivity (Wildman–Crippen MR) is 130 cm³/mol. The lowest BCUT2D eigenvalue weighted by Gasteiger charge is -2.10. The fraction of sp³-hybridized carbons (Fsp3) is 0.160. The Hall–Kier alpha value is -4.49. The fourth-order valence-corrected chi connectivity index (χ4v) is 3.01. The van der Waals surface area contributed by atoms with Crippen molar-refractivity contribution in [3.63, 3.8) is 0 Å². The van der Waals surface area contributed by atoms with E-state index in [1.165, 1.54) is 25.6 Å². The fourth-order valence-electron chi connectivity index (χ4n) is 3.01. The number of halogens is 1. The number of allylic oxidation sites excluding steroid dienone is 1. The summed E-state index contributed by atoms with van der Waals surface area (Å²) in [7, 11) is 5.29. The molecule has 174 valence electrons. The van der Waals surface area contributed by atoms with E-state index < -0.39 is 5.82 Å². The molecule has 0 aliphatic heterocycles. The number of pyridine rings is 1. The average Bonchev–Trinajstić information content (AvgIpc) is 2.81. The van der Waals surface area contributed by atoms with Crippen molar-refractivity contribution in [2.75, 3.05) is 31.8 Å². The highest BCUT2D eigenvalue weighted by Crippen LogP contribution is 2.22. The van der Waals surface area contributed by atoms with Gasteiger partial charge in [-0.2, -0.15) is 0 Å². The number of methoxy groups -OCH3 is 1. The van der Waals surface area contributed by atoms with Crippen LogP contribution in [0.25, 0.3) is 11.1 Å². The Morgan fingerprint density at radius 2 is 1.91 bits per heavy atom. The van der Waals surface area contributed by atoms with E-state index in [-0.39, 0.29) is 17.9 Å². The number of hydrogen-bond donors (Lipinski definition) is 2. The van der Waals surface area contributed by atoms with Gasteiger partial charge in [0.1, 0.15) is 11.6 Å². The molecule has 0 atom stereocenters. The standard InChI is InChI=1S/C25H25FN6O2/c1-5-6-20(16-32(2)3)31-25-28-12-19(13-29-25)17-7-8-18(23(26)9-17)10-24(33)30-21-11-22(34-4)15-27-14-21/h6-9,11-16H,1,10H2,2-4H3,(H,30,33)(H,28,29,31)/b20-16+. The third kappa shape index (κ3) is 6.75. The first kappa shape index (κ1) is 24.2. The Labute approximate surface area is 197 Å². The highest BCUT2D eigenvalue weighted by molar-refractivity contribution is 5.92. The SMILES string of the molecule is C=C=C/C(=C\N(C)C)Nc1ncc(-c2ccc(CC(=O)Nc3cncc(OC)c3)c(F)c2)cn1. The molecule has 8 nitrogen and oxygen atoms in total. The maximum absolute atomic E-state index is 14.7. The molecule has 0 spiro atoms. The zero-order chi connectivity index (χ0) is 24.5. The molecule has 2 heterocycles. The number of hydrogen-bond acceptors (Lipinski definition) is 7. The van der Waals surface area contributed by atoms with Gasteiger partial charge in [-0.25, -0.2) is 14.4 Å². The molecule has 0 fully saturated rings. The number of anilines is 2. The highest BCUT2D eigenvalue weighted by Gasteiger charge is 2.11. The summed E-state index contributed by atoms with van der Waals surface area (Å²) in [6.07, 6.45) is 9.59.